The zero-order valence-corrected chi connectivity index (χ0v) is 8.67. The van der Waals surface area contributed by atoms with Crippen LogP contribution in [0.4, 0.5) is 0 Å². The van der Waals surface area contributed by atoms with Crippen molar-refractivity contribution < 1.29 is 4.79 Å². The first-order valence-electron chi connectivity index (χ1n) is 4.29. The summed E-state index contributed by atoms with van der Waals surface area (Å²) in [6.45, 7) is 0.874. The predicted molar refractivity (Wildman–Crippen MR) is 54.7 cm³/mol. The lowest BCUT2D eigenvalue weighted by Gasteiger charge is -2.23. The number of nitrogens with one attached hydrogen (secondary N) is 1. The van der Waals surface area contributed by atoms with E-state index in [0.29, 0.717) is 0 Å². The molecular weight excluding hydrogens is 230 g/mol. The summed E-state index contributed by atoms with van der Waals surface area (Å²) in [5.74, 6) is 0. The second kappa shape index (κ2) is 3.60. The summed E-state index contributed by atoms with van der Waals surface area (Å²) in [4.78, 5) is 10.8. The highest BCUT2D eigenvalue weighted by atomic mass is 79.9. The Hall–Kier alpha value is -0.670. The number of carbonyl (C=O) groups excluding carboxylic acids is 1. The maximum atomic E-state index is 10.8. The maximum Gasteiger partial charge on any atom is 0.141 e. The van der Waals surface area contributed by atoms with Crippen LogP contribution >= 0.6 is 15.9 Å². The largest absolute Gasteiger partial charge is 0.304 e. The first-order valence-corrected chi connectivity index (χ1v) is 5.08. The molecule has 0 spiro atoms. The van der Waals surface area contributed by atoms with Gasteiger partial charge >= 0.3 is 0 Å². The third-order valence-electron chi connectivity index (χ3n) is 2.37. The molecule has 1 unspecified atom stereocenters. The lowest BCUT2D eigenvalue weighted by Crippen LogP contribution is -2.30. The summed E-state index contributed by atoms with van der Waals surface area (Å²) >= 11 is 3.49. The van der Waals surface area contributed by atoms with Gasteiger partial charge in [0.25, 0.3) is 0 Å². The fourth-order valence-corrected chi connectivity index (χ4v) is 2.29. The van der Waals surface area contributed by atoms with E-state index in [9.17, 15) is 4.79 Å². The van der Waals surface area contributed by atoms with E-state index in [0.717, 1.165) is 29.3 Å². The van der Waals surface area contributed by atoms with Crippen molar-refractivity contribution in [3.05, 3.63) is 33.8 Å². The summed E-state index contributed by atoms with van der Waals surface area (Å²) in [5.41, 5.74) is 2.37. The summed E-state index contributed by atoms with van der Waals surface area (Å²) < 4.78 is 1.11. The molecule has 1 aromatic carbocycles. The lowest BCUT2D eigenvalue weighted by molar-refractivity contribution is -0.109. The zero-order chi connectivity index (χ0) is 9.26. The Bertz CT molecular complexity index is 338. The highest BCUT2D eigenvalue weighted by Gasteiger charge is 2.19. The van der Waals surface area contributed by atoms with E-state index in [1.807, 2.05) is 18.2 Å². The molecule has 13 heavy (non-hydrogen) atoms. The van der Waals surface area contributed by atoms with Gasteiger partial charge in [0.15, 0.2) is 0 Å². The molecule has 0 amide bonds. The third kappa shape index (κ3) is 1.54. The number of hydrogen-bond acceptors (Lipinski definition) is 2. The van der Waals surface area contributed by atoms with E-state index < -0.39 is 0 Å². The number of aldehydes is 1. The first kappa shape index (κ1) is 8.91. The summed E-state index contributed by atoms with van der Waals surface area (Å²) in [7, 11) is 0. The van der Waals surface area contributed by atoms with E-state index in [1.165, 1.54) is 5.56 Å². The van der Waals surface area contributed by atoms with Crippen LogP contribution in [0.3, 0.4) is 0 Å². The summed E-state index contributed by atoms with van der Waals surface area (Å²) in [6, 6.07) is 5.87. The minimum absolute atomic E-state index is 0.124. The molecule has 0 saturated carbocycles. The van der Waals surface area contributed by atoms with E-state index in [1.54, 1.807) is 0 Å². The molecular formula is C10H10BrNO. The van der Waals surface area contributed by atoms with Crippen LogP contribution in [0.2, 0.25) is 0 Å². The van der Waals surface area contributed by atoms with Crippen molar-refractivity contribution >= 4 is 22.2 Å². The van der Waals surface area contributed by atoms with Crippen LogP contribution in [0.5, 0.6) is 0 Å². The Labute approximate surface area is 85.5 Å². The molecule has 3 heteroatoms. The monoisotopic (exact) mass is 239 g/mol. The second-order valence-electron chi connectivity index (χ2n) is 3.13. The van der Waals surface area contributed by atoms with Gasteiger partial charge in [-0.25, -0.2) is 0 Å². The topological polar surface area (TPSA) is 29.1 Å². The molecule has 68 valence electrons. The fraction of sp³-hybridized carbons (Fsp3) is 0.300. The van der Waals surface area contributed by atoms with Gasteiger partial charge in [0.2, 0.25) is 0 Å². The molecule has 1 N–H and O–H groups in total. The van der Waals surface area contributed by atoms with Gasteiger partial charge in [-0.1, -0.05) is 28.1 Å². The van der Waals surface area contributed by atoms with Crippen LogP contribution in [-0.4, -0.2) is 12.8 Å². The van der Waals surface area contributed by atoms with Crippen molar-refractivity contribution in [2.75, 3.05) is 6.54 Å². The third-order valence-corrected chi connectivity index (χ3v) is 3.11. The highest BCUT2D eigenvalue weighted by molar-refractivity contribution is 9.10. The minimum Gasteiger partial charge on any atom is -0.304 e. The molecule has 0 fully saturated rings. The van der Waals surface area contributed by atoms with Crippen molar-refractivity contribution in [1.29, 1.82) is 0 Å². The van der Waals surface area contributed by atoms with Crippen LogP contribution in [0, 0.1) is 0 Å². The number of halogens is 1. The van der Waals surface area contributed by atoms with Gasteiger partial charge in [-0.15, -0.1) is 0 Å². The minimum atomic E-state index is -0.124. The molecule has 0 bridgehead atoms. The average Bonchev–Trinajstić information content (AvgIpc) is 2.18. The SMILES string of the molecule is O=CC1NCCc2c(Br)cccc21. The number of fused-ring (bicyclic) bond motifs is 1. The molecule has 2 nitrogen and oxygen atoms in total. The number of carbonyl (C=O) groups is 1. The molecule has 0 saturated heterocycles. The van der Waals surface area contributed by atoms with Crippen molar-refractivity contribution in [3.63, 3.8) is 0 Å². The highest BCUT2D eigenvalue weighted by Crippen LogP contribution is 2.27. The quantitative estimate of drug-likeness (QED) is 0.759. The fourth-order valence-electron chi connectivity index (χ4n) is 1.71. The van der Waals surface area contributed by atoms with Gasteiger partial charge in [0.1, 0.15) is 6.29 Å². The second-order valence-corrected chi connectivity index (χ2v) is 3.98. The zero-order valence-electron chi connectivity index (χ0n) is 7.09. The van der Waals surface area contributed by atoms with Crippen molar-refractivity contribution in [1.82, 2.24) is 5.32 Å². The molecule has 1 aliphatic rings. The normalized spacial score (nSPS) is 20.8. The van der Waals surface area contributed by atoms with Gasteiger partial charge in [-0.05, 0) is 23.6 Å². The Morgan fingerprint density at radius 1 is 1.54 bits per heavy atom. The van der Waals surface area contributed by atoms with Gasteiger partial charge in [0, 0.05) is 11.0 Å². The predicted octanol–water partition coefficient (Wildman–Crippen LogP) is 1.83. The molecule has 1 aliphatic heterocycles. The van der Waals surface area contributed by atoms with Crippen LogP contribution in [-0.2, 0) is 11.2 Å². The lowest BCUT2D eigenvalue weighted by atomic mass is 9.95. The van der Waals surface area contributed by atoms with Gasteiger partial charge in [-0.3, -0.25) is 0 Å². The molecule has 0 radical (unpaired) electrons. The number of hydrogen-bond donors (Lipinski definition) is 1. The Morgan fingerprint density at radius 2 is 2.38 bits per heavy atom. The number of rotatable bonds is 1. The van der Waals surface area contributed by atoms with Crippen molar-refractivity contribution in [2.45, 2.75) is 12.5 Å². The van der Waals surface area contributed by atoms with Gasteiger partial charge < -0.3 is 10.1 Å². The van der Waals surface area contributed by atoms with Crippen LogP contribution < -0.4 is 5.32 Å². The average molecular weight is 240 g/mol. The van der Waals surface area contributed by atoms with Crippen LogP contribution in [0.25, 0.3) is 0 Å². The Morgan fingerprint density at radius 3 is 3.15 bits per heavy atom. The van der Waals surface area contributed by atoms with Gasteiger partial charge in [-0.2, -0.15) is 0 Å². The van der Waals surface area contributed by atoms with Crippen molar-refractivity contribution in [3.8, 4) is 0 Å². The molecule has 0 aromatic heterocycles. The van der Waals surface area contributed by atoms with E-state index >= 15 is 0 Å². The Kier molecular flexibility index (Phi) is 2.47. The summed E-state index contributed by atoms with van der Waals surface area (Å²) in [5, 5.41) is 3.16. The standard InChI is InChI=1S/C10H10BrNO/c11-9-3-1-2-8-7(9)4-5-12-10(8)6-13/h1-3,6,10,12H,4-5H2. The van der Waals surface area contributed by atoms with Crippen LogP contribution in [0.15, 0.2) is 22.7 Å². The smallest absolute Gasteiger partial charge is 0.141 e. The molecule has 1 aromatic rings. The molecule has 0 aliphatic carbocycles. The molecule has 1 heterocycles. The van der Waals surface area contributed by atoms with E-state index in [4.69, 9.17) is 0 Å². The first-order chi connectivity index (χ1) is 6.33. The van der Waals surface area contributed by atoms with Crippen LogP contribution in [0.1, 0.15) is 17.2 Å². The maximum absolute atomic E-state index is 10.8. The van der Waals surface area contributed by atoms with E-state index in [2.05, 4.69) is 21.2 Å². The van der Waals surface area contributed by atoms with E-state index in [-0.39, 0.29) is 6.04 Å². The molecule has 2 rings (SSSR count). The molecule has 1 atom stereocenters. The summed E-state index contributed by atoms with van der Waals surface area (Å²) in [6.07, 6.45) is 1.95. The van der Waals surface area contributed by atoms with Gasteiger partial charge in [0.05, 0.1) is 6.04 Å². The van der Waals surface area contributed by atoms with Crippen molar-refractivity contribution in [2.24, 2.45) is 0 Å². The Balaban J connectivity index is 2.51. The number of benzene rings is 1.